The minimum absolute atomic E-state index is 0.00917. The summed E-state index contributed by atoms with van der Waals surface area (Å²) in [6.07, 6.45) is 1.55. The van der Waals surface area contributed by atoms with Crippen molar-refractivity contribution in [3.05, 3.63) is 22.3 Å². The minimum atomic E-state index is -1.26. The Bertz CT molecular complexity index is 392. The third-order valence-corrected chi connectivity index (χ3v) is 1.67. The number of carbonyl (C=O) groups excluding carboxylic acids is 1. The number of nitrogens with one attached hydrogen (secondary N) is 1. The fourth-order valence-corrected chi connectivity index (χ4v) is 0.925. The van der Waals surface area contributed by atoms with Crippen LogP contribution in [0.25, 0.3) is 0 Å². The monoisotopic (exact) mass is 321 g/mol. The van der Waals surface area contributed by atoms with Crippen LogP contribution in [0.1, 0.15) is 6.42 Å². The third kappa shape index (κ3) is 22.5. The Labute approximate surface area is 126 Å². The smallest absolute Gasteiger partial charge is 0.328 e. The molecule has 0 unspecified atom stereocenters. The average Bonchev–Trinajstić information content (AvgIpc) is 2.35. The lowest BCUT2D eigenvalue weighted by atomic mass is 10.4. The lowest BCUT2D eigenvalue weighted by molar-refractivity contribution is -0.757. The molecule has 0 saturated carbocycles. The van der Waals surface area contributed by atoms with Crippen LogP contribution in [-0.2, 0) is 19.2 Å². The molecule has 0 radical (unpaired) electrons. The molecule has 3 N–H and O–H groups in total. The Kier molecular flexibility index (Phi) is 13.1. The SMILES string of the molecule is CN(C)CC(=O)NCCCO[N+](=O)[O-].O=C(O)C=CC(=O)O. The van der Waals surface area contributed by atoms with Gasteiger partial charge in [0.1, 0.15) is 0 Å². The molecule has 1 amide bonds. The predicted octanol–water partition coefficient (Wildman–Crippen LogP) is -1.03. The van der Waals surface area contributed by atoms with Crippen molar-refractivity contribution in [1.29, 1.82) is 0 Å². The summed E-state index contributed by atoms with van der Waals surface area (Å²) in [5, 5.41) is 27.1. The van der Waals surface area contributed by atoms with Crippen molar-refractivity contribution in [2.45, 2.75) is 6.42 Å². The summed E-state index contributed by atoms with van der Waals surface area (Å²) >= 11 is 0. The van der Waals surface area contributed by atoms with Crippen molar-refractivity contribution in [2.75, 3.05) is 33.8 Å². The second kappa shape index (κ2) is 13.3. The van der Waals surface area contributed by atoms with Crippen LogP contribution in [0.15, 0.2) is 12.2 Å². The molecule has 126 valence electrons. The molecule has 0 aromatic rings. The zero-order valence-corrected chi connectivity index (χ0v) is 12.2. The Balaban J connectivity index is 0. The number of carboxylic acids is 2. The summed E-state index contributed by atoms with van der Waals surface area (Å²) < 4.78 is 0. The van der Waals surface area contributed by atoms with E-state index < -0.39 is 17.0 Å². The average molecular weight is 321 g/mol. The maximum absolute atomic E-state index is 11.0. The van der Waals surface area contributed by atoms with Gasteiger partial charge in [-0.05, 0) is 20.5 Å². The molecule has 0 aliphatic rings. The van der Waals surface area contributed by atoms with Crippen molar-refractivity contribution < 1.29 is 34.5 Å². The number of hydrogen-bond acceptors (Lipinski definition) is 7. The summed E-state index contributed by atoms with van der Waals surface area (Å²) in [7, 11) is 3.57. The van der Waals surface area contributed by atoms with E-state index in [1.807, 2.05) is 0 Å². The van der Waals surface area contributed by atoms with Crippen LogP contribution >= 0.6 is 0 Å². The van der Waals surface area contributed by atoms with Crippen molar-refractivity contribution >= 4 is 17.8 Å². The highest BCUT2D eigenvalue weighted by Crippen LogP contribution is 1.82. The van der Waals surface area contributed by atoms with Crippen LogP contribution in [0.5, 0.6) is 0 Å². The summed E-state index contributed by atoms with van der Waals surface area (Å²) in [6, 6.07) is 0. The minimum Gasteiger partial charge on any atom is -0.478 e. The molecule has 11 nitrogen and oxygen atoms in total. The quantitative estimate of drug-likeness (QED) is 0.209. The fourth-order valence-electron chi connectivity index (χ4n) is 0.925. The summed E-state index contributed by atoms with van der Waals surface area (Å²) in [6.45, 7) is 0.714. The largest absolute Gasteiger partial charge is 0.478 e. The normalized spacial score (nSPS) is 9.77. The summed E-state index contributed by atoms with van der Waals surface area (Å²) in [5.74, 6) is -2.61. The van der Waals surface area contributed by atoms with Gasteiger partial charge in [0.2, 0.25) is 5.91 Å². The second-order valence-corrected chi connectivity index (χ2v) is 4.01. The van der Waals surface area contributed by atoms with Gasteiger partial charge >= 0.3 is 11.9 Å². The van der Waals surface area contributed by atoms with Crippen molar-refractivity contribution in [1.82, 2.24) is 10.2 Å². The lowest BCUT2D eigenvalue weighted by Crippen LogP contribution is -2.34. The first kappa shape index (κ1) is 21.6. The second-order valence-electron chi connectivity index (χ2n) is 4.01. The van der Waals surface area contributed by atoms with Gasteiger partial charge in [-0.2, -0.15) is 0 Å². The van der Waals surface area contributed by atoms with Gasteiger partial charge in [-0.1, -0.05) is 0 Å². The third-order valence-electron chi connectivity index (χ3n) is 1.67. The van der Waals surface area contributed by atoms with Gasteiger partial charge in [0.05, 0.1) is 13.2 Å². The zero-order valence-electron chi connectivity index (χ0n) is 12.2. The van der Waals surface area contributed by atoms with Gasteiger partial charge in [0.25, 0.3) is 5.09 Å². The van der Waals surface area contributed by atoms with E-state index in [-0.39, 0.29) is 12.5 Å². The van der Waals surface area contributed by atoms with E-state index in [1.165, 1.54) is 0 Å². The molecule has 11 heteroatoms. The highest BCUT2D eigenvalue weighted by atomic mass is 16.9. The lowest BCUT2D eigenvalue weighted by Gasteiger charge is -2.09. The summed E-state index contributed by atoms with van der Waals surface area (Å²) in [4.78, 5) is 45.7. The van der Waals surface area contributed by atoms with E-state index in [2.05, 4.69) is 10.2 Å². The Morgan fingerprint density at radius 2 is 1.73 bits per heavy atom. The van der Waals surface area contributed by atoms with E-state index in [9.17, 15) is 24.5 Å². The first-order valence-electron chi connectivity index (χ1n) is 5.97. The molecular weight excluding hydrogens is 302 g/mol. The van der Waals surface area contributed by atoms with E-state index >= 15 is 0 Å². The van der Waals surface area contributed by atoms with Gasteiger partial charge in [-0.15, -0.1) is 10.1 Å². The Morgan fingerprint density at radius 3 is 2.09 bits per heavy atom. The van der Waals surface area contributed by atoms with Gasteiger partial charge in [-0.25, -0.2) is 9.59 Å². The van der Waals surface area contributed by atoms with Crippen molar-refractivity contribution in [2.24, 2.45) is 0 Å². The molecule has 0 rings (SSSR count). The molecule has 22 heavy (non-hydrogen) atoms. The highest BCUT2D eigenvalue weighted by molar-refractivity contribution is 5.89. The van der Waals surface area contributed by atoms with Crippen LogP contribution in [0.3, 0.4) is 0 Å². The van der Waals surface area contributed by atoms with E-state index in [0.717, 1.165) is 0 Å². The van der Waals surface area contributed by atoms with E-state index in [4.69, 9.17) is 10.2 Å². The Morgan fingerprint density at radius 1 is 1.23 bits per heavy atom. The molecule has 0 aliphatic heterocycles. The highest BCUT2D eigenvalue weighted by Gasteiger charge is 2.01. The van der Waals surface area contributed by atoms with Gasteiger partial charge in [-0.3, -0.25) is 4.79 Å². The zero-order chi connectivity index (χ0) is 17.5. The van der Waals surface area contributed by atoms with Crippen LogP contribution in [0, 0.1) is 10.1 Å². The van der Waals surface area contributed by atoms with E-state index in [1.54, 1.807) is 19.0 Å². The molecule has 0 saturated heterocycles. The van der Waals surface area contributed by atoms with Gasteiger partial charge < -0.3 is 25.3 Å². The fraction of sp³-hybridized carbons (Fsp3) is 0.545. The number of carbonyl (C=O) groups is 3. The standard InChI is InChI=1S/C7H15N3O4.C4H4O4/c1-9(2)6-7(11)8-4-3-5-14-10(12)13;5-3(6)1-2-4(7)8/h3-6H2,1-2H3,(H,8,11);1-2H,(H,5,6)(H,7,8). The molecule has 0 bridgehead atoms. The number of hydrogen-bond donors (Lipinski definition) is 3. The van der Waals surface area contributed by atoms with Crippen LogP contribution in [-0.4, -0.2) is 71.8 Å². The molecule has 0 fully saturated rings. The van der Waals surface area contributed by atoms with Crippen molar-refractivity contribution in [3.8, 4) is 0 Å². The predicted molar refractivity (Wildman–Crippen MR) is 73.5 cm³/mol. The molecule has 0 aromatic heterocycles. The van der Waals surface area contributed by atoms with Gasteiger partial charge in [0, 0.05) is 18.7 Å². The van der Waals surface area contributed by atoms with Crippen LogP contribution in [0.4, 0.5) is 0 Å². The molecular formula is C11H19N3O8. The van der Waals surface area contributed by atoms with Crippen LogP contribution < -0.4 is 5.32 Å². The van der Waals surface area contributed by atoms with Crippen LogP contribution in [0.2, 0.25) is 0 Å². The molecule has 0 atom stereocenters. The van der Waals surface area contributed by atoms with E-state index in [0.29, 0.717) is 31.7 Å². The number of amides is 1. The maximum atomic E-state index is 11.0. The first-order valence-corrected chi connectivity index (χ1v) is 5.97. The molecule has 0 aliphatic carbocycles. The first-order chi connectivity index (χ1) is 10.1. The number of aliphatic carboxylic acids is 2. The number of likely N-dealkylation sites (N-methyl/N-ethyl adjacent to an activating group) is 1. The molecule has 0 aromatic carbocycles. The molecule has 0 heterocycles. The number of rotatable bonds is 9. The maximum Gasteiger partial charge on any atom is 0.328 e. The molecule has 0 spiro atoms. The summed E-state index contributed by atoms with van der Waals surface area (Å²) in [5.41, 5.74) is 0. The Hall–Kier alpha value is -2.69. The topological polar surface area (TPSA) is 159 Å². The number of carboxylic acid groups (broad SMARTS) is 2. The number of nitrogens with zero attached hydrogens (tertiary/aromatic N) is 2. The van der Waals surface area contributed by atoms with Gasteiger partial charge in [0.15, 0.2) is 0 Å². The van der Waals surface area contributed by atoms with Crippen molar-refractivity contribution in [3.63, 3.8) is 0 Å².